The van der Waals surface area contributed by atoms with Crippen LogP contribution in [0.4, 0.5) is 5.69 Å². The van der Waals surface area contributed by atoms with Crippen LogP contribution >= 0.6 is 11.6 Å². The van der Waals surface area contributed by atoms with E-state index in [1.807, 2.05) is 31.2 Å². The average Bonchev–Trinajstić information content (AvgIpc) is 3.31. The van der Waals surface area contributed by atoms with Gasteiger partial charge in [-0.3, -0.25) is 14.8 Å². The van der Waals surface area contributed by atoms with E-state index in [9.17, 15) is 9.59 Å². The van der Waals surface area contributed by atoms with Crippen molar-refractivity contribution >= 4 is 40.1 Å². The Kier molecular flexibility index (Phi) is 7.33. The van der Waals surface area contributed by atoms with E-state index in [-0.39, 0.29) is 18.4 Å². The summed E-state index contributed by atoms with van der Waals surface area (Å²) in [6.07, 6.45) is 0. The van der Waals surface area contributed by atoms with Crippen molar-refractivity contribution in [2.45, 2.75) is 13.8 Å². The van der Waals surface area contributed by atoms with Gasteiger partial charge in [-0.25, -0.2) is 10.5 Å². The highest BCUT2D eigenvalue weighted by molar-refractivity contribution is 6.33. The molecule has 35 heavy (non-hydrogen) atoms. The van der Waals surface area contributed by atoms with Gasteiger partial charge in [0.2, 0.25) is 5.91 Å². The number of anilines is 1. The molecule has 2 amide bonds. The van der Waals surface area contributed by atoms with Gasteiger partial charge in [-0.15, -0.1) is 0 Å². The summed E-state index contributed by atoms with van der Waals surface area (Å²) in [6, 6.07) is 19.7. The molecule has 180 valence electrons. The quantitative estimate of drug-likeness (QED) is 0.197. The van der Waals surface area contributed by atoms with E-state index in [1.165, 1.54) is 0 Å². The second-order valence-electron chi connectivity index (χ2n) is 8.33. The molecule has 0 radical (unpaired) electrons. The molecule has 1 aromatic heterocycles. The Labute approximate surface area is 207 Å². The van der Waals surface area contributed by atoms with Crippen LogP contribution in [-0.2, 0) is 4.79 Å². The zero-order valence-electron chi connectivity index (χ0n) is 19.2. The lowest BCUT2D eigenvalue weighted by atomic mass is 9.96. The number of aromatic amines is 1. The van der Waals surface area contributed by atoms with Crippen LogP contribution in [-0.4, -0.2) is 33.6 Å². The van der Waals surface area contributed by atoms with Gasteiger partial charge >= 0.3 is 0 Å². The number of hydrogen-bond donors (Lipinski definition) is 4. The van der Waals surface area contributed by atoms with Crippen molar-refractivity contribution < 1.29 is 19.5 Å². The molecule has 0 saturated heterocycles. The first kappa shape index (κ1) is 24.3. The number of hydrogen-bond acceptors (Lipinski definition) is 5. The Morgan fingerprint density at radius 1 is 1.09 bits per heavy atom. The Morgan fingerprint density at radius 2 is 1.89 bits per heavy atom. The molecular formula is C26H25ClN4O4. The summed E-state index contributed by atoms with van der Waals surface area (Å²) in [5.41, 5.74) is 5.03. The van der Waals surface area contributed by atoms with E-state index in [1.54, 1.807) is 54.9 Å². The SMILES string of the molecule is CC(COc1cccc(C(=O)Nc2ccc(Cl)c(-c3nc4ccccc4[nH]3)c2)c1)C(C)C(=O)NO. The summed E-state index contributed by atoms with van der Waals surface area (Å²) in [7, 11) is 0. The number of imidazole rings is 1. The van der Waals surface area contributed by atoms with E-state index < -0.39 is 11.8 Å². The molecule has 4 N–H and O–H groups in total. The van der Waals surface area contributed by atoms with E-state index in [2.05, 4.69) is 15.3 Å². The van der Waals surface area contributed by atoms with Crippen LogP contribution in [0.5, 0.6) is 5.75 Å². The van der Waals surface area contributed by atoms with Crippen molar-refractivity contribution in [2.24, 2.45) is 11.8 Å². The van der Waals surface area contributed by atoms with Gasteiger partial charge in [-0.2, -0.15) is 0 Å². The first-order valence-corrected chi connectivity index (χ1v) is 11.5. The third kappa shape index (κ3) is 5.62. The fraction of sp³-hybridized carbons (Fsp3) is 0.192. The van der Waals surface area contributed by atoms with Crippen molar-refractivity contribution in [2.75, 3.05) is 11.9 Å². The van der Waals surface area contributed by atoms with Crippen LogP contribution in [0.25, 0.3) is 22.4 Å². The van der Waals surface area contributed by atoms with Gasteiger partial charge in [0.05, 0.1) is 22.7 Å². The molecule has 4 aromatic rings. The molecule has 0 aliphatic rings. The van der Waals surface area contributed by atoms with Crippen LogP contribution in [0.2, 0.25) is 5.02 Å². The topological polar surface area (TPSA) is 116 Å². The zero-order valence-corrected chi connectivity index (χ0v) is 20.0. The molecule has 0 aliphatic carbocycles. The highest BCUT2D eigenvalue weighted by Gasteiger charge is 2.20. The number of H-pyrrole nitrogens is 1. The average molecular weight is 493 g/mol. The number of ether oxygens (including phenoxy) is 1. The van der Waals surface area contributed by atoms with E-state index in [0.29, 0.717) is 33.4 Å². The molecule has 3 aromatic carbocycles. The second-order valence-corrected chi connectivity index (χ2v) is 8.74. The predicted molar refractivity (Wildman–Crippen MR) is 135 cm³/mol. The van der Waals surface area contributed by atoms with Crippen molar-refractivity contribution in [3.05, 3.63) is 77.3 Å². The molecule has 2 atom stereocenters. The third-order valence-electron chi connectivity index (χ3n) is 5.86. The highest BCUT2D eigenvalue weighted by Crippen LogP contribution is 2.30. The van der Waals surface area contributed by atoms with Crippen molar-refractivity contribution in [1.82, 2.24) is 15.4 Å². The van der Waals surface area contributed by atoms with Gasteiger partial charge in [0.25, 0.3) is 5.91 Å². The number of hydroxylamine groups is 1. The van der Waals surface area contributed by atoms with Crippen LogP contribution in [0.3, 0.4) is 0 Å². The first-order valence-electron chi connectivity index (χ1n) is 11.1. The minimum Gasteiger partial charge on any atom is -0.493 e. The number of aromatic nitrogens is 2. The lowest BCUT2D eigenvalue weighted by Crippen LogP contribution is -2.32. The van der Waals surface area contributed by atoms with Crippen molar-refractivity contribution in [3.63, 3.8) is 0 Å². The van der Waals surface area contributed by atoms with Gasteiger partial charge in [0.1, 0.15) is 11.6 Å². The summed E-state index contributed by atoms with van der Waals surface area (Å²) < 4.78 is 5.77. The van der Waals surface area contributed by atoms with Crippen LogP contribution in [0, 0.1) is 11.8 Å². The number of benzene rings is 3. The fourth-order valence-electron chi connectivity index (χ4n) is 3.53. The summed E-state index contributed by atoms with van der Waals surface area (Å²) in [6.45, 7) is 3.80. The standard InChI is InChI=1S/C26H25ClN4O4/c1-15(16(2)25(32)31-34)14-35-19-7-5-6-17(12-19)26(33)28-18-10-11-21(27)20(13-18)24-29-22-8-3-4-9-23(22)30-24/h3-13,15-16,34H,14H2,1-2H3,(H,28,33)(H,29,30)(H,31,32). The van der Waals surface area contributed by atoms with Gasteiger partial charge in [0.15, 0.2) is 0 Å². The normalized spacial score (nSPS) is 12.7. The number of nitrogens with one attached hydrogen (secondary N) is 3. The van der Waals surface area contributed by atoms with Crippen molar-refractivity contribution in [1.29, 1.82) is 0 Å². The molecule has 8 nitrogen and oxygen atoms in total. The Morgan fingerprint density at radius 3 is 2.66 bits per heavy atom. The van der Waals surface area contributed by atoms with Gasteiger partial charge in [-0.1, -0.05) is 43.6 Å². The summed E-state index contributed by atoms with van der Waals surface area (Å²) in [5, 5.41) is 12.2. The zero-order chi connectivity index (χ0) is 24.9. The summed E-state index contributed by atoms with van der Waals surface area (Å²) in [4.78, 5) is 32.3. The maximum absolute atomic E-state index is 12.9. The molecule has 4 rings (SSSR count). The number of carbonyl (C=O) groups is 2. The second kappa shape index (κ2) is 10.6. The lowest BCUT2D eigenvalue weighted by Gasteiger charge is -2.18. The third-order valence-corrected chi connectivity index (χ3v) is 6.18. The number of nitrogens with zero attached hydrogens (tertiary/aromatic N) is 1. The number of para-hydroxylation sites is 2. The molecular weight excluding hydrogens is 468 g/mol. The Hall–Kier alpha value is -3.88. The van der Waals surface area contributed by atoms with E-state index >= 15 is 0 Å². The largest absolute Gasteiger partial charge is 0.493 e. The Balaban J connectivity index is 1.46. The maximum Gasteiger partial charge on any atom is 0.255 e. The number of carbonyl (C=O) groups excluding carboxylic acids is 2. The van der Waals surface area contributed by atoms with Crippen molar-refractivity contribution in [3.8, 4) is 17.1 Å². The molecule has 2 unspecified atom stereocenters. The number of rotatable bonds is 8. The maximum atomic E-state index is 12.9. The Bertz CT molecular complexity index is 1340. The fourth-order valence-corrected chi connectivity index (χ4v) is 3.73. The van der Waals surface area contributed by atoms with E-state index in [4.69, 9.17) is 21.5 Å². The highest BCUT2D eigenvalue weighted by atomic mass is 35.5. The molecule has 0 aliphatic heterocycles. The predicted octanol–water partition coefficient (Wildman–Crippen LogP) is 5.29. The van der Waals surface area contributed by atoms with Crippen LogP contribution in [0.15, 0.2) is 66.7 Å². The lowest BCUT2D eigenvalue weighted by molar-refractivity contribution is -0.134. The molecule has 0 saturated carbocycles. The van der Waals surface area contributed by atoms with Gasteiger partial charge in [0, 0.05) is 28.7 Å². The minimum absolute atomic E-state index is 0.148. The monoisotopic (exact) mass is 492 g/mol. The molecule has 0 bridgehead atoms. The van der Waals surface area contributed by atoms with Gasteiger partial charge < -0.3 is 15.0 Å². The number of amides is 2. The molecule has 9 heteroatoms. The molecule has 1 heterocycles. The first-order chi connectivity index (χ1) is 16.9. The smallest absolute Gasteiger partial charge is 0.255 e. The van der Waals surface area contributed by atoms with Crippen LogP contribution < -0.4 is 15.5 Å². The summed E-state index contributed by atoms with van der Waals surface area (Å²) >= 11 is 6.42. The van der Waals surface area contributed by atoms with Gasteiger partial charge in [-0.05, 0) is 48.5 Å². The number of fused-ring (bicyclic) bond motifs is 1. The molecule has 0 fully saturated rings. The molecule has 0 spiro atoms. The van der Waals surface area contributed by atoms with E-state index in [0.717, 1.165) is 11.0 Å². The minimum atomic E-state index is -0.473. The summed E-state index contributed by atoms with van der Waals surface area (Å²) in [5.74, 6) is -0.252. The number of halogens is 1. The van der Waals surface area contributed by atoms with Crippen LogP contribution in [0.1, 0.15) is 24.2 Å².